The fraction of sp³-hybridized carbons (Fsp3) is 0.900. The Kier molecular flexibility index (Phi) is 20.3. The largest absolute Gasteiger partial charge is 0.377 e. The Balaban J connectivity index is 0.00000129. The zero-order valence-electron chi connectivity index (χ0n) is 15.2. The molecule has 132 valence electrons. The molecule has 0 amide bonds. The standard InChI is InChI=1S/C18H37N.C2H4O/c1-2-3-4-5-6-7-8-9-10-11-12-13-14-15-16-17-18-19;1-2-3-1/h9-10H,2-8,11-19H2,1H3;1-2H2/b10-9-;. The van der Waals surface area contributed by atoms with Crippen molar-refractivity contribution in [3.63, 3.8) is 0 Å². The molecule has 0 bridgehead atoms. The van der Waals surface area contributed by atoms with Gasteiger partial charge in [-0.1, -0.05) is 76.9 Å². The molecular weight excluding hydrogens is 270 g/mol. The summed E-state index contributed by atoms with van der Waals surface area (Å²) in [6.45, 7) is 5.14. The van der Waals surface area contributed by atoms with Crippen molar-refractivity contribution in [2.24, 2.45) is 5.73 Å². The first-order valence-corrected chi connectivity index (χ1v) is 9.84. The van der Waals surface area contributed by atoms with Gasteiger partial charge in [0, 0.05) is 0 Å². The van der Waals surface area contributed by atoms with Gasteiger partial charge in [0.25, 0.3) is 0 Å². The van der Waals surface area contributed by atoms with Crippen LogP contribution in [-0.4, -0.2) is 19.8 Å². The predicted molar refractivity (Wildman–Crippen MR) is 99.3 cm³/mol. The Hall–Kier alpha value is -0.340. The number of ether oxygens (including phenoxy) is 1. The highest BCUT2D eigenvalue weighted by Gasteiger charge is 1.94. The average Bonchev–Trinajstić information content (AvgIpc) is 3.40. The van der Waals surface area contributed by atoms with Crippen LogP contribution in [0.15, 0.2) is 12.2 Å². The lowest BCUT2D eigenvalue weighted by molar-refractivity contribution is 0.475. The van der Waals surface area contributed by atoms with Crippen LogP contribution in [0.2, 0.25) is 0 Å². The number of rotatable bonds is 15. The number of allylic oxidation sites excluding steroid dienone is 2. The van der Waals surface area contributed by atoms with E-state index < -0.39 is 0 Å². The van der Waals surface area contributed by atoms with Crippen LogP contribution in [0.25, 0.3) is 0 Å². The Morgan fingerprint density at radius 2 is 1.09 bits per heavy atom. The van der Waals surface area contributed by atoms with Crippen molar-refractivity contribution in [2.45, 2.75) is 96.8 Å². The first-order chi connectivity index (χ1) is 10.9. The van der Waals surface area contributed by atoms with Crippen LogP contribution in [-0.2, 0) is 4.74 Å². The summed E-state index contributed by atoms with van der Waals surface area (Å²) in [6, 6.07) is 0. The van der Waals surface area contributed by atoms with Crippen LogP contribution < -0.4 is 5.73 Å². The van der Waals surface area contributed by atoms with Crippen molar-refractivity contribution >= 4 is 0 Å². The molecule has 1 aliphatic heterocycles. The van der Waals surface area contributed by atoms with Crippen LogP contribution in [0.1, 0.15) is 96.8 Å². The summed E-state index contributed by atoms with van der Waals surface area (Å²) in [5.41, 5.74) is 5.47. The van der Waals surface area contributed by atoms with Gasteiger partial charge in [-0.25, -0.2) is 0 Å². The van der Waals surface area contributed by atoms with Crippen molar-refractivity contribution in [3.05, 3.63) is 12.2 Å². The van der Waals surface area contributed by atoms with Crippen LogP contribution >= 0.6 is 0 Å². The molecule has 0 unspecified atom stereocenters. The molecule has 2 N–H and O–H groups in total. The first kappa shape index (κ1) is 21.7. The SMILES string of the molecule is C1CO1.CCCCCCCC/C=C\CCCCCCCCN. The van der Waals surface area contributed by atoms with Crippen molar-refractivity contribution in [1.82, 2.24) is 0 Å². The molecule has 2 heteroatoms. The molecule has 1 rings (SSSR count). The summed E-state index contributed by atoms with van der Waals surface area (Å²) in [7, 11) is 0. The highest BCUT2D eigenvalue weighted by molar-refractivity contribution is 4.81. The molecule has 0 aromatic carbocycles. The van der Waals surface area contributed by atoms with E-state index in [2.05, 4.69) is 23.8 Å². The second-order valence-electron chi connectivity index (χ2n) is 6.34. The quantitative estimate of drug-likeness (QED) is 0.229. The normalized spacial score (nSPS) is 13.2. The van der Waals surface area contributed by atoms with Crippen LogP contribution in [0.5, 0.6) is 0 Å². The van der Waals surface area contributed by atoms with Crippen molar-refractivity contribution in [1.29, 1.82) is 0 Å². The van der Waals surface area contributed by atoms with E-state index in [9.17, 15) is 0 Å². The van der Waals surface area contributed by atoms with Crippen molar-refractivity contribution < 1.29 is 4.74 Å². The fourth-order valence-electron chi connectivity index (χ4n) is 2.39. The first-order valence-electron chi connectivity index (χ1n) is 9.84. The third-order valence-corrected chi connectivity index (χ3v) is 3.92. The summed E-state index contributed by atoms with van der Waals surface area (Å²) in [5.74, 6) is 0. The summed E-state index contributed by atoms with van der Waals surface area (Å²) in [4.78, 5) is 0. The van der Waals surface area contributed by atoms with Gasteiger partial charge in [-0.15, -0.1) is 0 Å². The zero-order chi connectivity index (χ0) is 16.1. The van der Waals surface area contributed by atoms with E-state index in [0.29, 0.717) is 0 Å². The van der Waals surface area contributed by atoms with Gasteiger partial charge in [-0.3, -0.25) is 0 Å². The van der Waals surface area contributed by atoms with Crippen molar-refractivity contribution in [2.75, 3.05) is 19.8 Å². The van der Waals surface area contributed by atoms with E-state index >= 15 is 0 Å². The Bertz CT molecular complexity index is 211. The molecule has 0 atom stereocenters. The summed E-state index contributed by atoms with van der Waals surface area (Å²) in [5, 5.41) is 0. The second kappa shape index (κ2) is 20.7. The molecule has 0 radical (unpaired) electrons. The van der Waals surface area contributed by atoms with Gasteiger partial charge in [0.15, 0.2) is 0 Å². The van der Waals surface area contributed by atoms with Gasteiger partial charge in [0.1, 0.15) is 0 Å². The number of unbranched alkanes of at least 4 members (excludes halogenated alkanes) is 12. The fourth-order valence-corrected chi connectivity index (χ4v) is 2.39. The van der Waals surface area contributed by atoms with Gasteiger partial charge in [0.2, 0.25) is 0 Å². The lowest BCUT2D eigenvalue weighted by atomic mass is 10.1. The Labute approximate surface area is 139 Å². The molecule has 1 heterocycles. The average molecular weight is 312 g/mol. The second-order valence-corrected chi connectivity index (χ2v) is 6.34. The Morgan fingerprint density at radius 3 is 1.50 bits per heavy atom. The van der Waals surface area contributed by atoms with Gasteiger partial charge in [-0.05, 0) is 38.6 Å². The highest BCUT2D eigenvalue weighted by atomic mass is 16.6. The minimum atomic E-state index is 0.862. The topological polar surface area (TPSA) is 38.5 Å². The van der Waals surface area contributed by atoms with E-state index in [-0.39, 0.29) is 0 Å². The van der Waals surface area contributed by atoms with Gasteiger partial charge < -0.3 is 10.5 Å². The minimum absolute atomic E-state index is 0.862. The Morgan fingerprint density at radius 1 is 0.682 bits per heavy atom. The van der Waals surface area contributed by atoms with E-state index in [0.717, 1.165) is 19.8 Å². The molecule has 1 saturated heterocycles. The number of epoxide rings is 1. The van der Waals surface area contributed by atoms with E-state index in [1.165, 1.54) is 89.9 Å². The maximum Gasteiger partial charge on any atom is 0.0701 e. The van der Waals surface area contributed by atoms with E-state index in [4.69, 9.17) is 5.73 Å². The minimum Gasteiger partial charge on any atom is -0.377 e. The number of hydrogen-bond acceptors (Lipinski definition) is 2. The molecule has 22 heavy (non-hydrogen) atoms. The molecule has 0 spiro atoms. The molecule has 2 nitrogen and oxygen atoms in total. The lowest BCUT2D eigenvalue weighted by Crippen LogP contribution is -1.97. The third kappa shape index (κ3) is 24.7. The highest BCUT2D eigenvalue weighted by Crippen LogP contribution is 2.09. The van der Waals surface area contributed by atoms with Gasteiger partial charge in [-0.2, -0.15) is 0 Å². The molecule has 1 fully saturated rings. The zero-order valence-corrected chi connectivity index (χ0v) is 15.2. The van der Waals surface area contributed by atoms with Gasteiger partial charge >= 0.3 is 0 Å². The van der Waals surface area contributed by atoms with E-state index in [1.807, 2.05) is 0 Å². The maximum atomic E-state index is 5.47. The van der Waals surface area contributed by atoms with Crippen LogP contribution in [0, 0.1) is 0 Å². The monoisotopic (exact) mass is 311 g/mol. The summed E-state index contributed by atoms with van der Waals surface area (Å²) < 4.78 is 4.50. The lowest BCUT2D eigenvalue weighted by Gasteiger charge is -1.99. The number of hydrogen-bond donors (Lipinski definition) is 1. The third-order valence-electron chi connectivity index (χ3n) is 3.92. The maximum absolute atomic E-state index is 5.47. The summed E-state index contributed by atoms with van der Waals surface area (Å²) in [6.07, 6.45) is 23.9. The van der Waals surface area contributed by atoms with Crippen LogP contribution in [0.4, 0.5) is 0 Å². The van der Waals surface area contributed by atoms with Gasteiger partial charge in [0.05, 0.1) is 13.2 Å². The molecule has 1 aliphatic rings. The molecule has 0 saturated carbocycles. The molecular formula is C20H41NO. The van der Waals surface area contributed by atoms with E-state index in [1.54, 1.807) is 0 Å². The van der Waals surface area contributed by atoms with Crippen molar-refractivity contribution in [3.8, 4) is 0 Å². The predicted octanol–water partition coefficient (Wildman–Crippen LogP) is 6.00. The smallest absolute Gasteiger partial charge is 0.0701 e. The molecule has 0 aromatic heterocycles. The summed E-state index contributed by atoms with van der Waals surface area (Å²) >= 11 is 0. The molecule has 0 aromatic rings. The van der Waals surface area contributed by atoms with Crippen LogP contribution in [0.3, 0.4) is 0 Å². The number of nitrogens with two attached hydrogens (primary N) is 1. The molecule has 0 aliphatic carbocycles.